The second-order valence-electron chi connectivity index (χ2n) is 4.74. The van der Waals surface area contributed by atoms with Crippen molar-refractivity contribution < 1.29 is 19.2 Å². The van der Waals surface area contributed by atoms with E-state index in [1.807, 2.05) is 6.92 Å². The summed E-state index contributed by atoms with van der Waals surface area (Å²) in [5.74, 6) is -0.636. The number of carbonyl (C=O) groups excluding carboxylic acids is 2. The molecule has 0 aliphatic carbocycles. The van der Waals surface area contributed by atoms with Crippen molar-refractivity contribution in [2.24, 2.45) is 0 Å². The maximum absolute atomic E-state index is 11.7. The Bertz CT molecular complexity index is 594. The third-order valence-electron chi connectivity index (χ3n) is 2.81. The Kier molecular flexibility index (Phi) is 7.27. The van der Waals surface area contributed by atoms with Gasteiger partial charge in [-0.05, 0) is 19.4 Å². The average molecular weight is 344 g/mol. The standard InChI is InChI=1S/C14H18ClN3O5/c1-3-6-16-14(20)9(2)17-13(19)8-23-12-5-4-10(18(21)22)7-11(12)15/h4-5,7,9H,3,6,8H2,1-2H3,(H,16,20)(H,17,19)/t9-/m1/s1. The number of nitro benzene ring substituents is 1. The molecule has 1 aromatic carbocycles. The van der Waals surface area contributed by atoms with Crippen LogP contribution in [0.3, 0.4) is 0 Å². The lowest BCUT2D eigenvalue weighted by molar-refractivity contribution is -0.384. The van der Waals surface area contributed by atoms with Crippen LogP contribution < -0.4 is 15.4 Å². The Balaban J connectivity index is 2.50. The average Bonchev–Trinajstić information content (AvgIpc) is 2.50. The van der Waals surface area contributed by atoms with Crippen molar-refractivity contribution >= 4 is 29.1 Å². The molecule has 0 radical (unpaired) electrons. The van der Waals surface area contributed by atoms with E-state index in [4.69, 9.17) is 16.3 Å². The third-order valence-corrected chi connectivity index (χ3v) is 3.10. The Morgan fingerprint density at radius 1 is 1.43 bits per heavy atom. The van der Waals surface area contributed by atoms with E-state index in [-0.39, 0.29) is 29.0 Å². The number of hydrogen-bond donors (Lipinski definition) is 2. The van der Waals surface area contributed by atoms with Crippen molar-refractivity contribution in [1.29, 1.82) is 0 Å². The molecule has 0 aromatic heterocycles. The van der Waals surface area contributed by atoms with Crippen molar-refractivity contribution in [3.05, 3.63) is 33.3 Å². The van der Waals surface area contributed by atoms with Gasteiger partial charge in [-0.25, -0.2) is 0 Å². The molecule has 0 saturated carbocycles. The lowest BCUT2D eigenvalue weighted by Crippen LogP contribution is -2.46. The van der Waals surface area contributed by atoms with Gasteiger partial charge in [0, 0.05) is 18.7 Å². The Morgan fingerprint density at radius 3 is 2.70 bits per heavy atom. The minimum absolute atomic E-state index is 0.0285. The predicted octanol–water partition coefficient (Wildman–Crippen LogP) is 1.66. The topological polar surface area (TPSA) is 111 Å². The van der Waals surface area contributed by atoms with E-state index < -0.39 is 16.9 Å². The van der Waals surface area contributed by atoms with Crippen LogP contribution in [0.5, 0.6) is 5.75 Å². The van der Waals surface area contributed by atoms with E-state index in [1.165, 1.54) is 12.1 Å². The number of benzene rings is 1. The Hall–Kier alpha value is -2.35. The minimum Gasteiger partial charge on any atom is -0.482 e. The zero-order valence-corrected chi connectivity index (χ0v) is 13.6. The highest BCUT2D eigenvalue weighted by Crippen LogP contribution is 2.28. The van der Waals surface area contributed by atoms with Gasteiger partial charge < -0.3 is 15.4 Å². The van der Waals surface area contributed by atoms with Crippen LogP contribution in [-0.2, 0) is 9.59 Å². The van der Waals surface area contributed by atoms with Crippen LogP contribution in [0.4, 0.5) is 5.69 Å². The minimum atomic E-state index is -0.690. The van der Waals surface area contributed by atoms with E-state index in [0.717, 1.165) is 12.5 Å². The van der Waals surface area contributed by atoms with Crippen molar-refractivity contribution in [2.75, 3.05) is 13.2 Å². The Morgan fingerprint density at radius 2 is 2.13 bits per heavy atom. The summed E-state index contributed by atoms with van der Waals surface area (Å²) in [5, 5.41) is 15.8. The lowest BCUT2D eigenvalue weighted by Gasteiger charge is -2.14. The first-order valence-electron chi connectivity index (χ1n) is 6.99. The Labute approximate surface area is 138 Å². The first-order chi connectivity index (χ1) is 10.8. The smallest absolute Gasteiger partial charge is 0.271 e. The fourth-order valence-corrected chi connectivity index (χ4v) is 1.84. The number of hydrogen-bond acceptors (Lipinski definition) is 5. The van der Waals surface area contributed by atoms with Crippen molar-refractivity contribution in [2.45, 2.75) is 26.3 Å². The maximum Gasteiger partial charge on any atom is 0.271 e. The fourth-order valence-electron chi connectivity index (χ4n) is 1.61. The van der Waals surface area contributed by atoms with Crippen molar-refractivity contribution in [3.8, 4) is 5.75 Å². The summed E-state index contributed by atoms with van der Waals surface area (Å²) in [7, 11) is 0. The molecule has 0 bridgehead atoms. The number of nitro groups is 1. The van der Waals surface area contributed by atoms with Crippen molar-refractivity contribution in [1.82, 2.24) is 10.6 Å². The zero-order valence-electron chi connectivity index (χ0n) is 12.8. The summed E-state index contributed by atoms with van der Waals surface area (Å²) in [5.41, 5.74) is -0.173. The molecule has 0 saturated heterocycles. The first-order valence-corrected chi connectivity index (χ1v) is 7.36. The molecule has 0 spiro atoms. The number of carbonyl (C=O) groups is 2. The second kappa shape index (κ2) is 8.94. The predicted molar refractivity (Wildman–Crippen MR) is 84.5 cm³/mol. The highest BCUT2D eigenvalue weighted by molar-refractivity contribution is 6.32. The van der Waals surface area contributed by atoms with Gasteiger partial charge in [-0.1, -0.05) is 18.5 Å². The molecule has 2 amide bonds. The maximum atomic E-state index is 11.7. The summed E-state index contributed by atoms with van der Waals surface area (Å²) < 4.78 is 5.20. The highest BCUT2D eigenvalue weighted by Gasteiger charge is 2.16. The third kappa shape index (κ3) is 6.11. The summed E-state index contributed by atoms with van der Waals surface area (Å²) in [6.45, 7) is 3.66. The van der Waals surface area contributed by atoms with Crippen LogP contribution in [0, 0.1) is 10.1 Å². The second-order valence-corrected chi connectivity index (χ2v) is 5.15. The number of halogens is 1. The van der Waals surface area contributed by atoms with E-state index in [2.05, 4.69) is 10.6 Å². The fraction of sp³-hybridized carbons (Fsp3) is 0.429. The number of amides is 2. The number of nitrogens with one attached hydrogen (secondary N) is 2. The van der Waals surface area contributed by atoms with E-state index in [9.17, 15) is 19.7 Å². The zero-order chi connectivity index (χ0) is 17.4. The van der Waals surface area contributed by atoms with Crippen LogP contribution in [-0.4, -0.2) is 35.9 Å². The van der Waals surface area contributed by atoms with Crippen LogP contribution in [0.25, 0.3) is 0 Å². The largest absolute Gasteiger partial charge is 0.482 e. The summed E-state index contributed by atoms with van der Waals surface area (Å²) in [6.07, 6.45) is 0.800. The van der Waals surface area contributed by atoms with E-state index >= 15 is 0 Å². The SMILES string of the molecule is CCCNC(=O)[C@@H](C)NC(=O)COc1ccc([N+](=O)[O-])cc1Cl. The molecule has 1 atom stereocenters. The van der Waals surface area contributed by atoms with Gasteiger partial charge in [0.1, 0.15) is 11.8 Å². The number of rotatable bonds is 8. The molecule has 0 aliphatic heterocycles. The summed E-state index contributed by atoms with van der Waals surface area (Å²) >= 11 is 5.85. The van der Waals surface area contributed by atoms with Crippen LogP contribution >= 0.6 is 11.6 Å². The van der Waals surface area contributed by atoms with Gasteiger partial charge in [0.15, 0.2) is 6.61 Å². The molecule has 0 aliphatic rings. The molecule has 9 heteroatoms. The van der Waals surface area contributed by atoms with Gasteiger partial charge in [-0.3, -0.25) is 19.7 Å². The molecule has 1 aromatic rings. The van der Waals surface area contributed by atoms with E-state index in [0.29, 0.717) is 6.54 Å². The molecule has 0 unspecified atom stereocenters. The molecule has 0 fully saturated rings. The number of nitrogens with zero attached hydrogens (tertiary/aromatic N) is 1. The molecule has 8 nitrogen and oxygen atoms in total. The quantitative estimate of drug-likeness (QED) is 0.551. The lowest BCUT2D eigenvalue weighted by atomic mass is 10.3. The first kappa shape index (κ1) is 18.7. The van der Waals surface area contributed by atoms with Crippen LogP contribution in [0.1, 0.15) is 20.3 Å². The molecule has 23 heavy (non-hydrogen) atoms. The van der Waals surface area contributed by atoms with Gasteiger partial charge >= 0.3 is 0 Å². The normalized spacial score (nSPS) is 11.4. The molecule has 1 rings (SSSR count). The van der Waals surface area contributed by atoms with E-state index in [1.54, 1.807) is 6.92 Å². The van der Waals surface area contributed by atoms with Crippen molar-refractivity contribution in [3.63, 3.8) is 0 Å². The van der Waals surface area contributed by atoms with Crippen LogP contribution in [0.15, 0.2) is 18.2 Å². The van der Waals surface area contributed by atoms with Crippen LogP contribution in [0.2, 0.25) is 5.02 Å². The molecular formula is C14H18ClN3O5. The van der Waals surface area contributed by atoms with Gasteiger partial charge in [0.2, 0.25) is 5.91 Å². The number of non-ortho nitro benzene ring substituents is 1. The van der Waals surface area contributed by atoms with Gasteiger partial charge in [-0.2, -0.15) is 0 Å². The highest BCUT2D eigenvalue weighted by atomic mass is 35.5. The molecule has 126 valence electrons. The molecular weight excluding hydrogens is 326 g/mol. The monoisotopic (exact) mass is 343 g/mol. The summed E-state index contributed by atoms with van der Waals surface area (Å²) in [6, 6.07) is 2.98. The molecule has 2 N–H and O–H groups in total. The van der Waals surface area contributed by atoms with Gasteiger partial charge in [0.05, 0.1) is 9.95 Å². The van der Waals surface area contributed by atoms with Gasteiger partial charge in [-0.15, -0.1) is 0 Å². The van der Waals surface area contributed by atoms with Gasteiger partial charge in [0.25, 0.3) is 11.6 Å². The molecule has 0 heterocycles. The summed E-state index contributed by atoms with van der Waals surface area (Å²) in [4.78, 5) is 33.3. The number of ether oxygens (including phenoxy) is 1.